The topological polar surface area (TPSA) is 26.3 Å². The second kappa shape index (κ2) is 12.5. The molecule has 0 radical (unpaired) electrons. The molecule has 1 aromatic rings. The van der Waals surface area contributed by atoms with E-state index < -0.39 is 0 Å². The summed E-state index contributed by atoms with van der Waals surface area (Å²) in [6.45, 7) is 3.76. The largest absolute Gasteiger partial charge is 0.427 e. The maximum absolute atomic E-state index is 11.0. The lowest BCUT2D eigenvalue weighted by molar-refractivity contribution is -0.131. The summed E-state index contributed by atoms with van der Waals surface area (Å²) in [4.78, 5) is 11.0. The fourth-order valence-electron chi connectivity index (χ4n) is 6.02. The standard InChI is InChI=1S/C28H44O2/c1-3-4-5-6-7-23-10-16-26(17-11-23)27-18-12-24(13-19-27)8-9-25-14-20-28(21-15-25)30-22(2)29/h14-15,20-21,23-24,26-27H,3-13,16-19H2,1-2H3. The smallest absolute Gasteiger partial charge is 0.308 e. The summed E-state index contributed by atoms with van der Waals surface area (Å²) in [5.74, 6) is 4.41. The molecule has 0 N–H and O–H groups in total. The van der Waals surface area contributed by atoms with Gasteiger partial charge in [-0.25, -0.2) is 0 Å². The zero-order chi connectivity index (χ0) is 21.2. The van der Waals surface area contributed by atoms with Crippen molar-refractivity contribution in [2.45, 2.75) is 110 Å². The minimum Gasteiger partial charge on any atom is -0.427 e. The molecule has 2 aliphatic rings. The second-order valence-electron chi connectivity index (χ2n) is 10.2. The van der Waals surface area contributed by atoms with Gasteiger partial charge in [-0.05, 0) is 79.9 Å². The Morgan fingerprint density at radius 3 is 1.90 bits per heavy atom. The Balaban J connectivity index is 1.30. The first-order valence-electron chi connectivity index (χ1n) is 12.9. The lowest BCUT2D eigenvalue weighted by Crippen LogP contribution is -2.26. The number of carbonyl (C=O) groups excluding carboxylic acids is 1. The maximum Gasteiger partial charge on any atom is 0.308 e. The van der Waals surface area contributed by atoms with Crippen LogP contribution >= 0.6 is 0 Å². The van der Waals surface area contributed by atoms with Crippen LogP contribution in [0.5, 0.6) is 5.75 Å². The maximum atomic E-state index is 11.0. The van der Waals surface area contributed by atoms with Crippen LogP contribution < -0.4 is 4.74 Å². The van der Waals surface area contributed by atoms with Gasteiger partial charge < -0.3 is 4.74 Å². The van der Waals surface area contributed by atoms with Gasteiger partial charge in [0.15, 0.2) is 0 Å². The van der Waals surface area contributed by atoms with Gasteiger partial charge in [0.2, 0.25) is 0 Å². The fourth-order valence-corrected chi connectivity index (χ4v) is 6.02. The first-order chi connectivity index (χ1) is 14.6. The van der Waals surface area contributed by atoms with Crippen LogP contribution in [0.1, 0.15) is 109 Å². The van der Waals surface area contributed by atoms with Crippen molar-refractivity contribution in [1.29, 1.82) is 0 Å². The monoisotopic (exact) mass is 412 g/mol. The van der Waals surface area contributed by atoms with Gasteiger partial charge >= 0.3 is 5.97 Å². The van der Waals surface area contributed by atoms with Crippen molar-refractivity contribution in [3.8, 4) is 5.75 Å². The van der Waals surface area contributed by atoms with Crippen LogP contribution in [0, 0.1) is 23.7 Å². The van der Waals surface area contributed by atoms with E-state index in [-0.39, 0.29) is 5.97 Å². The third-order valence-corrected chi connectivity index (χ3v) is 7.94. The van der Waals surface area contributed by atoms with E-state index in [0.717, 1.165) is 30.1 Å². The summed E-state index contributed by atoms with van der Waals surface area (Å²) in [6.07, 6.45) is 21.6. The molecule has 3 rings (SSSR count). The van der Waals surface area contributed by atoms with Crippen molar-refractivity contribution < 1.29 is 9.53 Å². The summed E-state index contributed by atoms with van der Waals surface area (Å²) < 4.78 is 5.13. The van der Waals surface area contributed by atoms with E-state index in [2.05, 4.69) is 19.1 Å². The Morgan fingerprint density at radius 1 is 0.800 bits per heavy atom. The van der Waals surface area contributed by atoms with Crippen LogP contribution in [0.3, 0.4) is 0 Å². The Kier molecular flexibility index (Phi) is 9.75. The number of benzene rings is 1. The Labute approximate surface area is 185 Å². The van der Waals surface area contributed by atoms with Gasteiger partial charge in [0.1, 0.15) is 5.75 Å². The number of rotatable bonds is 10. The minimum absolute atomic E-state index is 0.250. The Morgan fingerprint density at radius 2 is 1.37 bits per heavy atom. The molecule has 0 aliphatic heterocycles. The number of hydrogen-bond donors (Lipinski definition) is 0. The SMILES string of the molecule is CCCCCCC1CCC(C2CCC(CCc3ccc(OC(C)=O)cc3)CC2)CC1. The van der Waals surface area contributed by atoms with Crippen molar-refractivity contribution in [3.05, 3.63) is 29.8 Å². The van der Waals surface area contributed by atoms with Crippen molar-refractivity contribution in [2.75, 3.05) is 0 Å². The molecule has 0 heterocycles. The zero-order valence-corrected chi connectivity index (χ0v) is 19.5. The number of ether oxygens (including phenoxy) is 1. The van der Waals surface area contributed by atoms with Crippen LogP contribution in [0.15, 0.2) is 24.3 Å². The average molecular weight is 413 g/mol. The van der Waals surface area contributed by atoms with Crippen molar-refractivity contribution in [2.24, 2.45) is 23.7 Å². The third-order valence-electron chi connectivity index (χ3n) is 7.94. The molecule has 2 heteroatoms. The van der Waals surface area contributed by atoms with Crippen LogP contribution in [-0.4, -0.2) is 5.97 Å². The molecule has 0 atom stereocenters. The van der Waals surface area contributed by atoms with Gasteiger partial charge in [-0.2, -0.15) is 0 Å². The first-order valence-corrected chi connectivity index (χ1v) is 12.9. The summed E-state index contributed by atoms with van der Waals surface area (Å²) in [6, 6.07) is 8.08. The molecule has 1 aromatic carbocycles. The van der Waals surface area contributed by atoms with Crippen LogP contribution in [0.4, 0.5) is 0 Å². The highest BCUT2D eigenvalue weighted by molar-refractivity contribution is 5.69. The van der Waals surface area contributed by atoms with Crippen LogP contribution in [0.25, 0.3) is 0 Å². The quantitative estimate of drug-likeness (QED) is 0.220. The van der Waals surface area contributed by atoms with E-state index in [1.54, 1.807) is 0 Å². The van der Waals surface area contributed by atoms with Crippen LogP contribution in [-0.2, 0) is 11.2 Å². The van der Waals surface area contributed by atoms with E-state index in [9.17, 15) is 4.79 Å². The molecule has 2 aliphatic carbocycles. The van der Waals surface area contributed by atoms with Gasteiger partial charge in [0.05, 0.1) is 0 Å². The molecule has 2 fully saturated rings. The number of hydrogen-bond acceptors (Lipinski definition) is 2. The third kappa shape index (κ3) is 7.75. The molecule has 0 saturated heterocycles. The number of aryl methyl sites for hydroxylation is 1. The highest BCUT2D eigenvalue weighted by Crippen LogP contribution is 2.43. The van der Waals surface area contributed by atoms with Gasteiger partial charge in [-0.15, -0.1) is 0 Å². The summed E-state index contributed by atoms with van der Waals surface area (Å²) in [7, 11) is 0. The van der Waals surface area contributed by atoms with E-state index in [1.165, 1.54) is 102 Å². The molecule has 0 aromatic heterocycles. The lowest BCUT2D eigenvalue weighted by Gasteiger charge is -2.38. The highest BCUT2D eigenvalue weighted by Gasteiger charge is 2.30. The van der Waals surface area contributed by atoms with E-state index in [4.69, 9.17) is 4.74 Å². The zero-order valence-electron chi connectivity index (χ0n) is 19.5. The van der Waals surface area contributed by atoms with Gasteiger partial charge in [0, 0.05) is 6.92 Å². The summed E-state index contributed by atoms with van der Waals surface area (Å²) in [5, 5.41) is 0. The molecule has 0 amide bonds. The predicted molar refractivity (Wildman–Crippen MR) is 126 cm³/mol. The molecular formula is C28H44O2. The van der Waals surface area contributed by atoms with E-state index in [0.29, 0.717) is 5.75 Å². The molecule has 0 unspecified atom stereocenters. The number of carbonyl (C=O) groups is 1. The molecule has 0 spiro atoms. The predicted octanol–water partition coefficient (Wildman–Crippen LogP) is 8.13. The Bertz CT molecular complexity index is 604. The van der Waals surface area contributed by atoms with Crippen molar-refractivity contribution in [3.63, 3.8) is 0 Å². The van der Waals surface area contributed by atoms with Gasteiger partial charge in [-0.3, -0.25) is 4.79 Å². The lowest BCUT2D eigenvalue weighted by atomic mass is 9.68. The summed E-state index contributed by atoms with van der Waals surface area (Å²) >= 11 is 0. The fraction of sp³-hybridized carbons (Fsp3) is 0.750. The normalized spacial score (nSPS) is 27.0. The average Bonchev–Trinajstić information content (AvgIpc) is 2.77. The molecule has 2 saturated carbocycles. The second-order valence-corrected chi connectivity index (χ2v) is 10.2. The molecular weight excluding hydrogens is 368 g/mol. The first kappa shape index (κ1) is 23.4. The molecule has 0 bridgehead atoms. The molecule has 168 valence electrons. The highest BCUT2D eigenvalue weighted by atomic mass is 16.5. The van der Waals surface area contributed by atoms with Crippen molar-refractivity contribution in [1.82, 2.24) is 0 Å². The Hall–Kier alpha value is -1.31. The van der Waals surface area contributed by atoms with Gasteiger partial charge in [-0.1, -0.05) is 76.8 Å². The number of esters is 1. The molecule has 30 heavy (non-hydrogen) atoms. The number of unbranched alkanes of at least 4 members (excludes halogenated alkanes) is 3. The van der Waals surface area contributed by atoms with E-state index >= 15 is 0 Å². The van der Waals surface area contributed by atoms with Crippen molar-refractivity contribution >= 4 is 5.97 Å². The summed E-state index contributed by atoms with van der Waals surface area (Å²) in [5.41, 5.74) is 1.37. The minimum atomic E-state index is -0.250. The molecule has 2 nitrogen and oxygen atoms in total. The van der Waals surface area contributed by atoms with E-state index in [1.807, 2.05) is 12.1 Å². The van der Waals surface area contributed by atoms with Crippen LogP contribution in [0.2, 0.25) is 0 Å². The van der Waals surface area contributed by atoms with Gasteiger partial charge in [0.25, 0.3) is 0 Å².